The molecule has 3 N–H and O–H groups in total. The number of rotatable bonds is 1. The van der Waals surface area contributed by atoms with E-state index in [-0.39, 0.29) is 28.4 Å². The molecule has 0 saturated carbocycles. The van der Waals surface area contributed by atoms with Gasteiger partial charge in [0, 0.05) is 34.8 Å². The summed E-state index contributed by atoms with van der Waals surface area (Å²) in [5.74, 6) is -2.48. The number of anilines is 1. The molecule has 2 saturated heterocycles. The van der Waals surface area contributed by atoms with Crippen LogP contribution in [0.1, 0.15) is 17.0 Å². The zero-order valence-corrected chi connectivity index (χ0v) is 15.4. The maximum absolute atomic E-state index is 15.0. The van der Waals surface area contributed by atoms with Crippen LogP contribution in [0.5, 0.6) is 0 Å². The first kappa shape index (κ1) is 17.0. The lowest BCUT2D eigenvalue weighted by Crippen LogP contribution is -2.50. The Morgan fingerprint density at radius 3 is 2.78 bits per heavy atom. The molecule has 1 spiro atoms. The topological polar surface area (TPSA) is 70.2 Å². The molecular formula is C19H14Cl2FN3O2. The van der Waals surface area contributed by atoms with E-state index >= 15 is 0 Å². The van der Waals surface area contributed by atoms with E-state index in [9.17, 15) is 14.0 Å². The highest BCUT2D eigenvalue weighted by molar-refractivity contribution is 6.31. The summed E-state index contributed by atoms with van der Waals surface area (Å²) in [4.78, 5) is 25.8. The summed E-state index contributed by atoms with van der Waals surface area (Å²) in [5.41, 5.74) is 0.201. The Hall–Kier alpha value is -2.15. The van der Waals surface area contributed by atoms with Crippen LogP contribution in [0, 0.1) is 11.7 Å². The molecule has 0 aliphatic carbocycles. The van der Waals surface area contributed by atoms with Crippen LogP contribution in [0.25, 0.3) is 0 Å². The van der Waals surface area contributed by atoms with Crippen LogP contribution in [0.4, 0.5) is 10.1 Å². The van der Waals surface area contributed by atoms with E-state index in [1.54, 1.807) is 30.3 Å². The van der Waals surface area contributed by atoms with Gasteiger partial charge in [0.15, 0.2) is 0 Å². The highest BCUT2D eigenvalue weighted by atomic mass is 35.5. The lowest BCUT2D eigenvalue weighted by Gasteiger charge is -2.32. The predicted molar refractivity (Wildman–Crippen MR) is 99.3 cm³/mol. The fourth-order valence-corrected chi connectivity index (χ4v) is 5.11. The van der Waals surface area contributed by atoms with Crippen LogP contribution in [-0.4, -0.2) is 24.4 Å². The molecule has 2 amide bonds. The van der Waals surface area contributed by atoms with E-state index in [2.05, 4.69) is 16.0 Å². The molecule has 2 aromatic carbocycles. The largest absolute Gasteiger partial charge is 0.354 e. The van der Waals surface area contributed by atoms with Gasteiger partial charge >= 0.3 is 0 Å². The molecule has 3 aliphatic rings. The zero-order valence-electron chi connectivity index (χ0n) is 13.9. The van der Waals surface area contributed by atoms with Gasteiger partial charge in [0.05, 0.1) is 10.9 Å². The smallest absolute Gasteiger partial charge is 0.250 e. The van der Waals surface area contributed by atoms with Gasteiger partial charge in [-0.2, -0.15) is 0 Å². The second kappa shape index (κ2) is 5.67. The molecule has 5 nitrogen and oxygen atoms in total. The summed E-state index contributed by atoms with van der Waals surface area (Å²) in [6.07, 6.45) is 0. The van der Waals surface area contributed by atoms with Crippen molar-refractivity contribution in [2.45, 2.75) is 17.5 Å². The van der Waals surface area contributed by atoms with Crippen molar-refractivity contribution < 1.29 is 14.0 Å². The normalized spacial score (nSPS) is 31.0. The van der Waals surface area contributed by atoms with Crippen LogP contribution < -0.4 is 16.0 Å². The van der Waals surface area contributed by atoms with Crippen LogP contribution in [0.3, 0.4) is 0 Å². The van der Waals surface area contributed by atoms with Crippen LogP contribution >= 0.6 is 23.2 Å². The molecule has 4 atom stereocenters. The van der Waals surface area contributed by atoms with E-state index in [0.717, 1.165) is 0 Å². The van der Waals surface area contributed by atoms with E-state index < -0.39 is 23.2 Å². The number of amides is 2. The van der Waals surface area contributed by atoms with Gasteiger partial charge in [0.1, 0.15) is 11.4 Å². The van der Waals surface area contributed by atoms with Crippen molar-refractivity contribution in [2.75, 3.05) is 11.9 Å². The van der Waals surface area contributed by atoms with Gasteiger partial charge in [-0.3, -0.25) is 14.9 Å². The minimum atomic E-state index is -1.27. The van der Waals surface area contributed by atoms with Crippen LogP contribution in [0.15, 0.2) is 36.4 Å². The molecule has 3 heterocycles. The number of hydrogen-bond acceptors (Lipinski definition) is 3. The summed E-state index contributed by atoms with van der Waals surface area (Å²) in [6.45, 7) is 0.375. The molecule has 2 fully saturated rings. The van der Waals surface area contributed by atoms with Gasteiger partial charge in [-0.05, 0) is 23.8 Å². The summed E-state index contributed by atoms with van der Waals surface area (Å²) in [6, 6.07) is 9.46. The Balaban J connectivity index is 1.78. The van der Waals surface area contributed by atoms with E-state index in [1.807, 2.05) is 0 Å². The van der Waals surface area contributed by atoms with Crippen LogP contribution in [0.2, 0.25) is 10.0 Å². The number of carbonyl (C=O) groups is 2. The second-order valence-corrected chi connectivity index (χ2v) is 7.94. The fourth-order valence-electron chi connectivity index (χ4n) is 4.76. The minimum absolute atomic E-state index is 0.0424. The molecule has 0 radical (unpaired) electrons. The molecule has 138 valence electrons. The maximum Gasteiger partial charge on any atom is 0.250 e. The van der Waals surface area contributed by atoms with Gasteiger partial charge in [-0.15, -0.1) is 0 Å². The molecule has 2 aromatic rings. The standard InChI is InChI=1S/C19H14Cl2FN3O2/c20-8-4-5-10-12(6-8)24-18(27)19(10)15(9-2-1-3-11(21)16(9)22)14-13(25-19)7-23-17(14)26/h1-6,13-15,25H,7H2,(H,23,26)(H,24,27)/t13-,14?,15-,19-/m1/s1. The molecule has 3 aliphatic heterocycles. The van der Waals surface area contributed by atoms with Crippen molar-refractivity contribution in [1.29, 1.82) is 0 Å². The first-order chi connectivity index (χ1) is 12.9. The van der Waals surface area contributed by atoms with E-state index in [0.29, 0.717) is 22.8 Å². The summed E-state index contributed by atoms with van der Waals surface area (Å²) in [7, 11) is 0. The maximum atomic E-state index is 15.0. The Kier molecular flexibility index (Phi) is 3.57. The number of carbonyl (C=O) groups excluding carboxylic acids is 2. The van der Waals surface area contributed by atoms with Crippen molar-refractivity contribution in [1.82, 2.24) is 10.6 Å². The van der Waals surface area contributed by atoms with E-state index in [4.69, 9.17) is 23.2 Å². The van der Waals surface area contributed by atoms with Gasteiger partial charge in [0.25, 0.3) is 0 Å². The van der Waals surface area contributed by atoms with Crippen molar-refractivity contribution in [3.8, 4) is 0 Å². The fraction of sp³-hybridized carbons (Fsp3) is 0.263. The Morgan fingerprint density at radius 1 is 1.15 bits per heavy atom. The average molecular weight is 406 g/mol. The lowest BCUT2D eigenvalue weighted by atomic mass is 9.71. The lowest BCUT2D eigenvalue weighted by molar-refractivity contribution is -0.124. The first-order valence-electron chi connectivity index (χ1n) is 8.54. The molecule has 0 aromatic heterocycles. The Bertz CT molecular complexity index is 1010. The van der Waals surface area contributed by atoms with Gasteiger partial charge < -0.3 is 10.6 Å². The van der Waals surface area contributed by atoms with Gasteiger partial charge in [-0.1, -0.05) is 41.4 Å². The van der Waals surface area contributed by atoms with Crippen molar-refractivity contribution in [2.24, 2.45) is 5.92 Å². The van der Waals surface area contributed by atoms with Gasteiger partial charge in [-0.25, -0.2) is 4.39 Å². The Morgan fingerprint density at radius 2 is 1.96 bits per heavy atom. The minimum Gasteiger partial charge on any atom is -0.354 e. The predicted octanol–water partition coefficient (Wildman–Crippen LogP) is 2.78. The number of benzene rings is 2. The third kappa shape index (κ3) is 2.15. The second-order valence-electron chi connectivity index (χ2n) is 7.09. The molecule has 0 bridgehead atoms. The quantitative estimate of drug-likeness (QED) is 0.682. The first-order valence-corrected chi connectivity index (χ1v) is 9.30. The summed E-state index contributed by atoms with van der Waals surface area (Å²) in [5, 5.41) is 9.40. The molecule has 27 heavy (non-hydrogen) atoms. The monoisotopic (exact) mass is 405 g/mol. The van der Waals surface area contributed by atoms with Crippen molar-refractivity contribution in [3.05, 3.63) is 63.4 Å². The number of nitrogens with one attached hydrogen (secondary N) is 3. The Labute approximate surface area is 164 Å². The summed E-state index contributed by atoms with van der Waals surface area (Å²) >= 11 is 12.1. The van der Waals surface area contributed by atoms with Crippen LogP contribution in [-0.2, 0) is 15.1 Å². The molecular weight excluding hydrogens is 392 g/mol. The zero-order chi connectivity index (χ0) is 18.9. The number of halogens is 3. The number of fused-ring (bicyclic) bond motifs is 3. The third-order valence-electron chi connectivity index (χ3n) is 5.80. The number of hydrogen-bond donors (Lipinski definition) is 3. The molecule has 8 heteroatoms. The summed E-state index contributed by atoms with van der Waals surface area (Å²) < 4.78 is 15.0. The SMILES string of the molecule is O=C1NC[C@H]2N[C@@]3(C(=O)Nc4cc(Cl)ccc43)[C@H](c3cccc(Cl)c3F)C12. The highest BCUT2D eigenvalue weighted by Crippen LogP contribution is 2.55. The highest BCUT2D eigenvalue weighted by Gasteiger charge is 2.65. The van der Waals surface area contributed by atoms with Crippen molar-refractivity contribution in [3.63, 3.8) is 0 Å². The average Bonchev–Trinajstić information content (AvgIpc) is 3.24. The molecule has 5 rings (SSSR count). The van der Waals surface area contributed by atoms with Crippen molar-refractivity contribution >= 4 is 40.7 Å². The molecule has 1 unspecified atom stereocenters. The third-order valence-corrected chi connectivity index (χ3v) is 6.33. The van der Waals surface area contributed by atoms with E-state index in [1.165, 1.54) is 6.07 Å². The van der Waals surface area contributed by atoms with Gasteiger partial charge in [0.2, 0.25) is 11.8 Å².